The zero-order valence-electron chi connectivity index (χ0n) is 10.3. The van der Waals surface area contributed by atoms with Crippen LogP contribution in [-0.4, -0.2) is 13.3 Å². The van der Waals surface area contributed by atoms with Crippen LogP contribution in [0.2, 0.25) is 5.02 Å². The monoisotopic (exact) mass is 270 g/mol. The van der Waals surface area contributed by atoms with E-state index in [1.54, 1.807) is 35.2 Å². The van der Waals surface area contributed by atoms with E-state index in [1.807, 2.05) is 19.2 Å². The summed E-state index contributed by atoms with van der Waals surface area (Å²) in [6, 6.07) is 14.5. The summed E-state index contributed by atoms with van der Waals surface area (Å²) in [5, 5.41) is 9.62. The van der Waals surface area contributed by atoms with Crippen molar-refractivity contribution in [3.63, 3.8) is 0 Å². The molecule has 0 saturated heterocycles. The molecule has 0 heterocycles. The molecule has 2 aromatic rings. The third-order valence-corrected chi connectivity index (χ3v) is 3.10. The molecular formula is C15H11ClN2O. The van der Waals surface area contributed by atoms with Gasteiger partial charge < -0.3 is 4.90 Å². The molecule has 3 nitrogen and oxygen atoms in total. The van der Waals surface area contributed by atoms with E-state index in [-0.39, 0.29) is 0 Å². The Balaban J connectivity index is 2.53. The van der Waals surface area contributed by atoms with E-state index in [0.717, 1.165) is 12.0 Å². The number of anilines is 2. The fraction of sp³-hybridized carbons (Fsp3) is 0.0667. The Hall–Kier alpha value is -2.31. The summed E-state index contributed by atoms with van der Waals surface area (Å²) in [6.07, 6.45) is 0.757. The molecule has 0 fully saturated rings. The van der Waals surface area contributed by atoms with Crippen LogP contribution in [-0.2, 0) is 0 Å². The number of nitrogens with zero attached hydrogens (tertiary/aromatic N) is 2. The minimum absolute atomic E-state index is 0.489. The first-order valence-corrected chi connectivity index (χ1v) is 6.02. The topological polar surface area (TPSA) is 44.1 Å². The lowest BCUT2D eigenvalue weighted by Gasteiger charge is -2.22. The van der Waals surface area contributed by atoms with Crippen LogP contribution in [0.5, 0.6) is 0 Å². The molecule has 0 spiro atoms. The molecule has 0 amide bonds. The molecule has 0 aliphatic rings. The summed E-state index contributed by atoms with van der Waals surface area (Å²) in [4.78, 5) is 12.9. The molecular weight excluding hydrogens is 260 g/mol. The molecule has 0 saturated carbocycles. The Morgan fingerprint density at radius 3 is 2.63 bits per heavy atom. The highest BCUT2D eigenvalue weighted by Crippen LogP contribution is 2.30. The molecule has 0 N–H and O–H groups in total. The van der Waals surface area contributed by atoms with Crippen LogP contribution in [0.25, 0.3) is 0 Å². The van der Waals surface area contributed by atoms with Crippen molar-refractivity contribution in [3.8, 4) is 6.07 Å². The molecule has 4 heteroatoms. The van der Waals surface area contributed by atoms with Gasteiger partial charge in [0.1, 0.15) is 6.07 Å². The fourth-order valence-electron chi connectivity index (χ4n) is 1.92. The van der Waals surface area contributed by atoms with E-state index in [0.29, 0.717) is 21.8 Å². The average molecular weight is 271 g/mol. The standard InChI is InChI=1S/C15H11ClN2O/c1-18(14-5-3-2-4-11(14)9-17)15-7-6-13(16)8-12(15)10-19/h2-8,10H,1H3. The van der Waals surface area contributed by atoms with Gasteiger partial charge in [0.05, 0.1) is 16.9 Å². The van der Waals surface area contributed by atoms with E-state index < -0.39 is 0 Å². The lowest BCUT2D eigenvalue weighted by Crippen LogP contribution is -2.13. The lowest BCUT2D eigenvalue weighted by molar-refractivity contribution is 0.112. The lowest BCUT2D eigenvalue weighted by atomic mass is 10.1. The zero-order valence-corrected chi connectivity index (χ0v) is 11.1. The van der Waals surface area contributed by atoms with Crippen molar-refractivity contribution < 1.29 is 4.79 Å². The van der Waals surface area contributed by atoms with Gasteiger partial charge in [-0.2, -0.15) is 5.26 Å². The highest BCUT2D eigenvalue weighted by atomic mass is 35.5. The highest BCUT2D eigenvalue weighted by Gasteiger charge is 2.12. The number of hydrogen-bond acceptors (Lipinski definition) is 3. The van der Waals surface area contributed by atoms with Crippen LogP contribution in [0, 0.1) is 11.3 Å². The molecule has 0 bridgehead atoms. The largest absolute Gasteiger partial charge is 0.343 e. The number of carbonyl (C=O) groups excluding carboxylic acids is 1. The predicted molar refractivity (Wildman–Crippen MR) is 76.1 cm³/mol. The van der Waals surface area contributed by atoms with Crippen molar-refractivity contribution in [2.75, 3.05) is 11.9 Å². The summed E-state index contributed by atoms with van der Waals surface area (Å²) < 4.78 is 0. The van der Waals surface area contributed by atoms with Gasteiger partial charge in [0.2, 0.25) is 0 Å². The van der Waals surface area contributed by atoms with Crippen molar-refractivity contribution in [2.45, 2.75) is 0 Å². The van der Waals surface area contributed by atoms with Crippen molar-refractivity contribution in [1.29, 1.82) is 5.26 Å². The second-order valence-electron chi connectivity index (χ2n) is 4.01. The molecule has 0 unspecified atom stereocenters. The number of carbonyl (C=O) groups is 1. The summed E-state index contributed by atoms with van der Waals surface area (Å²) in [5.41, 5.74) is 2.50. The number of aldehydes is 1. The van der Waals surface area contributed by atoms with Crippen LogP contribution in [0.4, 0.5) is 11.4 Å². The first-order valence-electron chi connectivity index (χ1n) is 5.65. The number of benzene rings is 2. The molecule has 0 aliphatic carbocycles. The first kappa shape index (κ1) is 13.1. The third-order valence-electron chi connectivity index (χ3n) is 2.86. The zero-order chi connectivity index (χ0) is 13.8. The second-order valence-corrected chi connectivity index (χ2v) is 4.45. The van der Waals surface area contributed by atoms with Gasteiger partial charge in [-0.05, 0) is 30.3 Å². The Morgan fingerprint density at radius 1 is 1.21 bits per heavy atom. The molecule has 0 aromatic heterocycles. The van der Waals surface area contributed by atoms with Gasteiger partial charge in [0.25, 0.3) is 0 Å². The summed E-state index contributed by atoms with van der Waals surface area (Å²) in [5.74, 6) is 0. The van der Waals surface area contributed by atoms with E-state index in [2.05, 4.69) is 6.07 Å². The molecule has 0 radical (unpaired) electrons. The van der Waals surface area contributed by atoms with Crippen LogP contribution in [0.15, 0.2) is 42.5 Å². The van der Waals surface area contributed by atoms with Crippen molar-refractivity contribution >= 4 is 29.3 Å². The van der Waals surface area contributed by atoms with Gasteiger partial charge in [-0.1, -0.05) is 23.7 Å². The summed E-state index contributed by atoms with van der Waals surface area (Å²) in [6.45, 7) is 0. The number of nitriles is 1. The van der Waals surface area contributed by atoms with Gasteiger partial charge in [-0.15, -0.1) is 0 Å². The maximum Gasteiger partial charge on any atom is 0.152 e. The maximum absolute atomic E-state index is 11.1. The second kappa shape index (κ2) is 5.55. The SMILES string of the molecule is CN(c1ccccc1C#N)c1ccc(Cl)cc1C=O. The third kappa shape index (κ3) is 2.59. The van der Waals surface area contributed by atoms with Crippen molar-refractivity contribution in [2.24, 2.45) is 0 Å². The highest BCUT2D eigenvalue weighted by molar-refractivity contribution is 6.31. The average Bonchev–Trinajstić information content (AvgIpc) is 2.46. The fourth-order valence-corrected chi connectivity index (χ4v) is 2.10. The maximum atomic E-state index is 11.1. The van der Waals surface area contributed by atoms with Gasteiger partial charge in [0, 0.05) is 17.6 Å². The van der Waals surface area contributed by atoms with Crippen LogP contribution in [0.3, 0.4) is 0 Å². The van der Waals surface area contributed by atoms with Crippen LogP contribution < -0.4 is 4.90 Å². The van der Waals surface area contributed by atoms with Crippen molar-refractivity contribution in [3.05, 3.63) is 58.6 Å². The van der Waals surface area contributed by atoms with Gasteiger partial charge in [-0.3, -0.25) is 4.79 Å². The van der Waals surface area contributed by atoms with Crippen LogP contribution >= 0.6 is 11.6 Å². The van der Waals surface area contributed by atoms with Gasteiger partial charge in [-0.25, -0.2) is 0 Å². The van der Waals surface area contributed by atoms with E-state index >= 15 is 0 Å². The van der Waals surface area contributed by atoms with E-state index in [1.165, 1.54) is 0 Å². The predicted octanol–water partition coefficient (Wildman–Crippen LogP) is 3.79. The molecule has 94 valence electrons. The Kier molecular flexibility index (Phi) is 3.84. The first-order chi connectivity index (χ1) is 9.17. The quantitative estimate of drug-likeness (QED) is 0.797. The molecule has 0 atom stereocenters. The Morgan fingerprint density at radius 2 is 1.95 bits per heavy atom. The smallest absolute Gasteiger partial charge is 0.152 e. The number of rotatable bonds is 3. The van der Waals surface area contributed by atoms with Gasteiger partial charge >= 0.3 is 0 Å². The number of para-hydroxylation sites is 1. The number of hydrogen-bond donors (Lipinski definition) is 0. The van der Waals surface area contributed by atoms with Crippen molar-refractivity contribution in [1.82, 2.24) is 0 Å². The Bertz CT molecular complexity index is 661. The van der Waals surface area contributed by atoms with E-state index in [9.17, 15) is 4.79 Å². The van der Waals surface area contributed by atoms with E-state index in [4.69, 9.17) is 16.9 Å². The number of halogens is 1. The molecule has 2 aromatic carbocycles. The van der Waals surface area contributed by atoms with Crippen LogP contribution in [0.1, 0.15) is 15.9 Å². The summed E-state index contributed by atoms with van der Waals surface area (Å²) >= 11 is 5.88. The molecule has 19 heavy (non-hydrogen) atoms. The molecule has 2 rings (SSSR count). The normalized spacial score (nSPS) is 9.74. The molecule has 0 aliphatic heterocycles. The minimum Gasteiger partial charge on any atom is -0.343 e. The summed E-state index contributed by atoms with van der Waals surface area (Å²) in [7, 11) is 1.81. The minimum atomic E-state index is 0.489. The van der Waals surface area contributed by atoms with Gasteiger partial charge in [0.15, 0.2) is 6.29 Å². The Labute approximate surface area is 116 Å².